The summed E-state index contributed by atoms with van der Waals surface area (Å²) in [7, 11) is 0. The second kappa shape index (κ2) is 13.7. The molecule has 2 heterocycles. The van der Waals surface area contributed by atoms with Crippen LogP contribution < -0.4 is 0 Å². The molecule has 19 rings (SSSR count). The van der Waals surface area contributed by atoms with Crippen LogP contribution in [0.1, 0.15) is 44.5 Å². The Morgan fingerprint density at radius 3 is 0.934 bits per heavy atom. The Bertz CT molecular complexity index is 4610. The molecular weight excluding hydrogens is 921 g/mol. The Morgan fingerprint density at radius 1 is 0.211 bits per heavy atom. The fourth-order valence-corrected chi connectivity index (χ4v) is 15.7. The summed E-state index contributed by atoms with van der Waals surface area (Å²) in [6.45, 7) is 0. The molecule has 0 N–H and O–H groups in total. The highest BCUT2D eigenvalue weighted by molar-refractivity contribution is 6.17. The maximum absolute atomic E-state index is 6.94. The third kappa shape index (κ3) is 4.45. The van der Waals surface area contributed by atoms with Gasteiger partial charge in [-0.2, -0.15) is 0 Å². The Kier molecular flexibility index (Phi) is 7.16. The first-order valence-electron chi connectivity index (χ1n) is 26.6. The summed E-state index contributed by atoms with van der Waals surface area (Å²) in [5.41, 5.74) is 32.8. The van der Waals surface area contributed by atoms with Gasteiger partial charge in [-0.15, -0.1) is 0 Å². The van der Waals surface area contributed by atoms with Crippen molar-refractivity contribution >= 4 is 43.9 Å². The second-order valence-corrected chi connectivity index (χ2v) is 21.6. The van der Waals surface area contributed by atoms with Crippen LogP contribution in [0.25, 0.3) is 133 Å². The quantitative estimate of drug-likeness (QED) is 0.173. The van der Waals surface area contributed by atoms with Crippen LogP contribution in [0, 0.1) is 0 Å². The molecule has 12 aromatic carbocycles. The second-order valence-electron chi connectivity index (χ2n) is 21.6. The van der Waals surface area contributed by atoms with Crippen molar-refractivity contribution in [2.75, 3.05) is 0 Å². The van der Waals surface area contributed by atoms with Crippen molar-refractivity contribution in [3.05, 3.63) is 287 Å². The van der Waals surface area contributed by atoms with Gasteiger partial charge in [0.05, 0.1) is 10.8 Å². The first kappa shape index (κ1) is 39.7. The van der Waals surface area contributed by atoms with Crippen LogP contribution in [0.5, 0.6) is 0 Å². The van der Waals surface area contributed by atoms with E-state index < -0.39 is 10.8 Å². The summed E-state index contributed by atoms with van der Waals surface area (Å²) >= 11 is 0. The van der Waals surface area contributed by atoms with Crippen molar-refractivity contribution in [1.82, 2.24) is 0 Å². The van der Waals surface area contributed by atoms with E-state index in [1.807, 2.05) is 0 Å². The van der Waals surface area contributed by atoms with E-state index in [1.54, 1.807) is 0 Å². The molecule has 0 radical (unpaired) electrons. The normalized spacial score (nSPS) is 14.5. The molecule has 0 saturated carbocycles. The van der Waals surface area contributed by atoms with Gasteiger partial charge in [0.25, 0.3) is 0 Å². The highest BCUT2D eigenvalue weighted by Gasteiger charge is 2.57. The van der Waals surface area contributed by atoms with E-state index >= 15 is 0 Å². The number of fused-ring (bicyclic) bond motifs is 22. The maximum Gasteiger partial charge on any atom is 0.143 e. The van der Waals surface area contributed by atoms with Gasteiger partial charge in [0.2, 0.25) is 0 Å². The van der Waals surface area contributed by atoms with Gasteiger partial charge < -0.3 is 8.83 Å². The van der Waals surface area contributed by atoms with Crippen LogP contribution in [-0.2, 0) is 10.8 Å². The molecule has 2 aromatic heterocycles. The molecule has 0 atom stereocenters. The summed E-state index contributed by atoms with van der Waals surface area (Å²) in [6, 6.07) is 91.7. The van der Waals surface area contributed by atoms with Crippen LogP contribution in [0.15, 0.2) is 251 Å². The van der Waals surface area contributed by atoms with Gasteiger partial charge >= 0.3 is 0 Å². The molecule has 348 valence electrons. The number of rotatable bonds is 2. The summed E-state index contributed by atoms with van der Waals surface area (Å²) in [5, 5.41) is 4.51. The zero-order valence-corrected chi connectivity index (χ0v) is 40.9. The van der Waals surface area contributed by atoms with Crippen LogP contribution in [0.3, 0.4) is 0 Å². The predicted molar refractivity (Wildman–Crippen MR) is 309 cm³/mol. The topological polar surface area (TPSA) is 26.3 Å². The standard InChI is InChI=1S/C74H40O2/c1-7-29-57-45(17-1)46-18-2-8-30-58(46)73(57)61-33-15-25-51-56-38-42(44-24-14-28-54-50-22-6-12-36-66(50)76-72(44)54)40-64-70(56)68-52(26-16-34-62(68)74(64)59-31-9-3-19-47(59)48-20-4-10-32-60(48)74)55-37-41(39-63(73)69(55)67(51)61)43-23-13-27-53-49-21-5-11-35-65(49)75-71(43)53/h1-40H. The van der Waals surface area contributed by atoms with Crippen molar-refractivity contribution in [1.29, 1.82) is 0 Å². The summed E-state index contributed by atoms with van der Waals surface area (Å²) in [4.78, 5) is 0. The lowest BCUT2D eigenvalue weighted by Crippen LogP contribution is -2.26. The third-order valence-corrected chi connectivity index (χ3v) is 18.4. The van der Waals surface area contributed by atoms with Crippen molar-refractivity contribution in [2.24, 2.45) is 0 Å². The lowest BCUT2D eigenvalue weighted by atomic mass is 9.69. The molecule has 5 aliphatic carbocycles. The van der Waals surface area contributed by atoms with Crippen molar-refractivity contribution in [2.45, 2.75) is 10.8 Å². The maximum atomic E-state index is 6.94. The van der Waals surface area contributed by atoms with Crippen molar-refractivity contribution < 1.29 is 8.83 Å². The lowest BCUT2D eigenvalue weighted by Gasteiger charge is -2.32. The van der Waals surface area contributed by atoms with Crippen LogP contribution in [0.2, 0.25) is 0 Å². The molecule has 0 aliphatic heterocycles. The molecule has 2 spiro atoms. The number of furan rings is 2. The number of hydrogen-bond acceptors (Lipinski definition) is 2. The first-order chi connectivity index (χ1) is 37.7. The lowest BCUT2D eigenvalue weighted by molar-refractivity contribution is 0.669. The first-order valence-corrected chi connectivity index (χ1v) is 26.6. The molecule has 0 unspecified atom stereocenters. The summed E-state index contributed by atoms with van der Waals surface area (Å²) < 4.78 is 13.9. The monoisotopic (exact) mass is 960 g/mol. The Labute approximate surface area is 437 Å². The van der Waals surface area contributed by atoms with Gasteiger partial charge in [0, 0.05) is 32.7 Å². The molecule has 2 nitrogen and oxygen atoms in total. The Hall–Kier alpha value is -9.76. The van der Waals surface area contributed by atoms with Gasteiger partial charge in [-0.25, -0.2) is 0 Å². The molecule has 0 amide bonds. The minimum atomic E-state index is -0.613. The van der Waals surface area contributed by atoms with E-state index in [4.69, 9.17) is 8.83 Å². The minimum Gasteiger partial charge on any atom is -0.455 e. The predicted octanol–water partition coefficient (Wildman–Crippen LogP) is 19.2. The van der Waals surface area contributed by atoms with Crippen LogP contribution in [-0.4, -0.2) is 0 Å². The average Bonchev–Trinajstić information content (AvgIpc) is 4.47. The largest absolute Gasteiger partial charge is 0.455 e. The molecule has 0 bridgehead atoms. The van der Waals surface area contributed by atoms with Crippen molar-refractivity contribution in [3.8, 4) is 89.0 Å². The van der Waals surface area contributed by atoms with E-state index in [0.717, 1.165) is 66.1 Å². The van der Waals surface area contributed by atoms with Gasteiger partial charge in [-0.3, -0.25) is 0 Å². The molecule has 0 saturated heterocycles. The summed E-state index contributed by atoms with van der Waals surface area (Å²) in [5.74, 6) is 0. The molecule has 0 fully saturated rings. The molecule has 76 heavy (non-hydrogen) atoms. The number of para-hydroxylation sites is 4. The smallest absolute Gasteiger partial charge is 0.143 e. The highest BCUT2D eigenvalue weighted by atomic mass is 16.3. The zero-order valence-electron chi connectivity index (χ0n) is 40.9. The fourth-order valence-electron chi connectivity index (χ4n) is 15.7. The van der Waals surface area contributed by atoms with E-state index in [2.05, 4.69) is 243 Å². The third-order valence-electron chi connectivity index (χ3n) is 18.4. The van der Waals surface area contributed by atoms with E-state index in [0.29, 0.717) is 0 Å². The van der Waals surface area contributed by atoms with Gasteiger partial charge in [-0.1, -0.05) is 206 Å². The van der Waals surface area contributed by atoms with E-state index in [9.17, 15) is 0 Å². The van der Waals surface area contributed by atoms with E-state index in [1.165, 1.54) is 111 Å². The molecule has 14 aromatic rings. The van der Waals surface area contributed by atoms with Crippen LogP contribution >= 0.6 is 0 Å². The molecule has 5 aliphatic rings. The van der Waals surface area contributed by atoms with Crippen LogP contribution in [0.4, 0.5) is 0 Å². The number of hydrogen-bond donors (Lipinski definition) is 0. The minimum absolute atomic E-state index is 0.613. The molecule has 2 heteroatoms. The Balaban J connectivity index is 1.02. The summed E-state index contributed by atoms with van der Waals surface area (Å²) in [6.07, 6.45) is 0. The fraction of sp³-hybridized carbons (Fsp3) is 0.0270. The highest BCUT2D eigenvalue weighted by Crippen LogP contribution is 2.71. The zero-order chi connectivity index (χ0) is 49.2. The van der Waals surface area contributed by atoms with Crippen molar-refractivity contribution in [3.63, 3.8) is 0 Å². The van der Waals surface area contributed by atoms with Gasteiger partial charge in [0.1, 0.15) is 22.3 Å². The number of benzene rings is 12. The Morgan fingerprint density at radius 2 is 0.513 bits per heavy atom. The van der Waals surface area contributed by atoms with E-state index in [-0.39, 0.29) is 0 Å². The SMILES string of the molecule is c1ccc2c(c1)-c1ccccc1C21c2cccc3c2-c2c(cc(-c4cccc5c4oc4ccccc45)cc21)-c1cccc2c1-c1c-3cc(-c3cccc4c3oc3ccccc34)cc1C21c2ccccc2-c2ccccc21. The van der Waals surface area contributed by atoms with Gasteiger partial charge in [-0.05, 0) is 159 Å². The van der Waals surface area contributed by atoms with Gasteiger partial charge in [0.15, 0.2) is 0 Å². The average molecular weight is 961 g/mol. The molecular formula is C74H40O2.